The fourth-order valence-corrected chi connectivity index (χ4v) is 3.91. The first-order valence-electron chi connectivity index (χ1n) is 11.4. The van der Waals surface area contributed by atoms with E-state index in [4.69, 9.17) is 23.7 Å². The Kier molecular flexibility index (Phi) is 16.0. The molecule has 1 aliphatic heterocycles. The van der Waals surface area contributed by atoms with Crippen molar-refractivity contribution in [1.29, 1.82) is 0 Å². The van der Waals surface area contributed by atoms with Crippen molar-refractivity contribution in [2.45, 2.75) is 108 Å². The Morgan fingerprint density at radius 3 is 1.64 bits per heavy atom. The Bertz CT molecular complexity index is 358. The van der Waals surface area contributed by atoms with E-state index < -0.39 is 0 Å². The van der Waals surface area contributed by atoms with Crippen LogP contribution in [0.1, 0.15) is 79.1 Å². The van der Waals surface area contributed by atoms with Crippen LogP contribution in [0.25, 0.3) is 0 Å². The third-order valence-electron chi connectivity index (χ3n) is 4.94. The van der Waals surface area contributed by atoms with E-state index in [1.165, 1.54) is 0 Å². The molecule has 0 aromatic carbocycles. The van der Waals surface area contributed by atoms with E-state index >= 15 is 0 Å². The molecule has 0 N–H and O–H groups in total. The molecule has 0 spiro atoms. The predicted octanol–water partition coefficient (Wildman–Crippen LogP) is 4.25. The molecule has 5 nitrogen and oxygen atoms in total. The molecule has 1 aliphatic rings. The molecule has 28 heavy (non-hydrogen) atoms. The van der Waals surface area contributed by atoms with E-state index in [2.05, 4.69) is 43.7 Å². The van der Waals surface area contributed by atoms with E-state index in [9.17, 15) is 0 Å². The number of hydrogen-bond acceptors (Lipinski definition) is 5. The Hall–Kier alpha value is 0.319. The number of rotatable bonds is 17. The Labute approximate surface area is 181 Å². The van der Waals surface area contributed by atoms with Crippen LogP contribution in [-0.4, -0.2) is 78.5 Å². The van der Waals surface area contributed by atoms with Gasteiger partial charge in [-0.05, 0) is 0 Å². The molecule has 1 rings (SSSR count). The zero-order chi connectivity index (χ0) is 20.6. The molecule has 0 saturated carbocycles. The zero-order valence-electron chi connectivity index (χ0n) is 18.5. The second-order valence-electron chi connectivity index (χ2n) is 7.54. The fourth-order valence-electron chi connectivity index (χ4n) is 3.12. The van der Waals surface area contributed by atoms with Crippen LogP contribution in [-0.2, 0) is 23.7 Å². The van der Waals surface area contributed by atoms with Crippen molar-refractivity contribution in [3.05, 3.63) is 0 Å². The number of hydrogen-bond donors (Lipinski definition) is 0. The van der Waals surface area contributed by atoms with Gasteiger partial charge in [0.25, 0.3) is 0 Å². The fraction of sp³-hybridized carbons (Fsp3) is 1.00. The maximum absolute atomic E-state index is 6.33. The molecule has 1 radical (unpaired) electrons. The van der Waals surface area contributed by atoms with Crippen molar-refractivity contribution in [2.75, 3.05) is 33.0 Å². The first kappa shape index (κ1) is 26.4. The molecule has 0 aromatic heterocycles. The number of ether oxygens (including phenoxy) is 5. The van der Waals surface area contributed by atoms with Crippen molar-refractivity contribution < 1.29 is 23.7 Å². The topological polar surface area (TPSA) is 46.2 Å². The molecule has 1 fully saturated rings. The molecule has 6 heteroatoms. The van der Waals surface area contributed by atoms with E-state index in [-0.39, 0.29) is 29.4 Å². The van der Waals surface area contributed by atoms with Crippen LogP contribution in [0.3, 0.4) is 0 Å². The molecule has 0 amide bonds. The van der Waals surface area contributed by atoms with Crippen LogP contribution in [0.2, 0.25) is 0 Å². The molecule has 0 aromatic rings. The maximum atomic E-state index is 6.33. The van der Waals surface area contributed by atoms with Gasteiger partial charge < -0.3 is 0 Å². The van der Waals surface area contributed by atoms with Gasteiger partial charge in [-0.25, -0.2) is 0 Å². The van der Waals surface area contributed by atoms with Crippen molar-refractivity contribution >= 4 is 16.0 Å². The summed E-state index contributed by atoms with van der Waals surface area (Å²) in [5.41, 5.74) is 0. The molecule has 167 valence electrons. The SMILES string of the molecule is CCCCOCC1OC([Se])C(OCCCC)C(OCCCC)C1OCCCC. The third-order valence-corrected chi connectivity index (χ3v) is 5.74. The van der Waals surface area contributed by atoms with Crippen molar-refractivity contribution in [1.82, 2.24) is 0 Å². The summed E-state index contributed by atoms with van der Waals surface area (Å²) in [6.07, 6.45) is 8.02. The monoisotopic (exact) mass is 467 g/mol. The van der Waals surface area contributed by atoms with Gasteiger partial charge in [0.1, 0.15) is 0 Å². The summed E-state index contributed by atoms with van der Waals surface area (Å²) in [5, 5.41) is -0.158. The minimum atomic E-state index is -0.166. The molecule has 0 aliphatic carbocycles. The van der Waals surface area contributed by atoms with E-state index in [0.29, 0.717) is 13.2 Å². The molecular formula is C22H43O5Se. The van der Waals surface area contributed by atoms with Crippen LogP contribution in [0.15, 0.2) is 0 Å². The molecular weight excluding hydrogens is 423 g/mol. The summed E-state index contributed by atoms with van der Waals surface area (Å²) in [4.78, 5) is 0. The molecule has 5 unspecified atom stereocenters. The summed E-state index contributed by atoms with van der Waals surface area (Å²) in [7, 11) is 0. The summed E-state index contributed by atoms with van der Waals surface area (Å²) >= 11 is 3.16. The summed E-state index contributed by atoms with van der Waals surface area (Å²) in [6, 6.07) is 0. The van der Waals surface area contributed by atoms with E-state index in [0.717, 1.165) is 71.2 Å². The second-order valence-corrected chi connectivity index (χ2v) is 8.51. The zero-order valence-corrected chi connectivity index (χ0v) is 20.2. The average molecular weight is 467 g/mol. The van der Waals surface area contributed by atoms with Crippen molar-refractivity contribution in [3.8, 4) is 0 Å². The van der Waals surface area contributed by atoms with Gasteiger partial charge in [0.2, 0.25) is 0 Å². The quantitative estimate of drug-likeness (QED) is 0.237. The van der Waals surface area contributed by atoms with Gasteiger partial charge in [-0.2, -0.15) is 0 Å². The van der Waals surface area contributed by atoms with Crippen LogP contribution in [0, 0.1) is 0 Å². The van der Waals surface area contributed by atoms with Gasteiger partial charge in [0.05, 0.1) is 0 Å². The predicted molar refractivity (Wildman–Crippen MR) is 114 cm³/mol. The average Bonchev–Trinajstić information content (AvgIpc) is 2.69. The summed E-state index contributed by atoms with van der Waals surface area (Å²) in [5.74, 6) is 0. The van der Waals surface area contributed by atoms with Crippen LogP contribution in [0.4, 0.5) is 0 Å². The minimum absolute atomic E-state index is 0.139. The Balaban J connectivity index is 2.84. The van der Waals surface area contributed by atoms with Gasteiger partial charge in [0, 0.05) is 0 Å². The first-order valence-corrected chi connectivity index (χ1v) is 12.4. The molecule has 1 saturated heterocycles. The van der Waals surface area contributed by atoms with Crippen molar-refractivity contribution in [3.63, 3.8) is 0 Å². The van der Waals surface area contributed by atoms with E-state index in [1.807, 2.05) is 0 Å². The standard InChI is InChI=1S/C22H43O5Se/c1-5-9-13-23-17-18-19(24-14-10-6-2)20(25-15-11-7-3)21(22(28)27-18)26-16-12-8-4/h18-22H,5-17H2,1-4H3. The van der Waals surface area contributed by atoms with Crippen LogP contribution in [0.5, 0.6) is 0 Å². The summed E-state index contributed by atoms with van der Waals surface area (Å²) < 4.78 is 31.0. The van der Waals surface area contributed by atoms with Crippen molar-refractivity contribution in [2.24, 2.45) is 0 Å². The van der Waals surface area contributed by atoms with Crippen LogP contribution >= 0.6 is 0 Å². The first-order chi connectivity index (χ1) is 13.7. The molecule has 5 atom stereocenters. The van der Waals surface area contributed by atoms with Gasteiger partial charge in [-0.3, -0.25) is 0 Å². The summed E-state index contributed by atoms with van der Waals surface area (Å²) in [6.45, 7) is 12.1. The van der Waals surface area contributed by atoms with Gasteiger partial charge in [-0.1, -0.05) is 0 Å². The van der Waals surface area contributed by atoms with Gasteiger partial charge >= 0.3 is 181 Å². The molecule has 1 heterocycles. The Morgan fingerprint density at radius 1 is 0.643 bits per heavy atom. The number of unbranched alkanes of at least 4 members (excludes halogenated alkanes) is 4. The Morgan fingerprint density at radius 2 is 1.11 bits per heavy atom. The van der Waals surface area contributed by atoms with Crippen LogP contribution < -0.4 is 0 Å². The molecule has 0 bridgehead atoms. The van der Waals surface area contributed by atoms with E-state index in [1.54, 1.807) is 0 Å². The van der Waals surface area contributed by atoms with Gasteiger partial charge in [0.15, 0.2) is 0 Å². The third kappa shape index (κ3) is 9.88. The van der Waals surface area contributed by atoms with Gasteiger partial charge in [-0.15, -0.1) is 0 Å². The normalized spacial score (nSPS) is 28.0. The second kappa shape index (κ2) is 17.0.